The lowest BCUT2D eigenvalue weighted by Crippen LogP contribution is -2.33. The van der Waals surface area contributed by atoms with Crippen LogP contribution in [0.15, 0.2) is 23.1 Å². The third-order valence-electron chi connectivity index (χ3n) is 3.27. The predicted octanol–water partition coefficient (Wildman–Crippen LogP) is 1.12. The molecular weight excluding hydrogens is 290 g/mol. The highest BCUT2D eigenvalue weighted by Crippen LogP contribution is 2.29. The van der Waals surface area contributed by atoms with E-state index in [0.717, 1.165) is 0 Å². The molecule has 1 rings (SSSR count). The predicted molar refractivity (Wildman–Crippen MR) is 85.9 cm³/mol. The Morgan fingerprint density at radius 1 is 1.29 bits per heavy atom. The van der Waals surface area contributed by atoms with Gasteiger partial charge in [-0.25, -0.2) is 12.7 Å². The Kier molecular flexibility index (Phi) is 6.00. The molecule has 3 N–H and O–H groups in total. The fraction of sp³-hybridized carbons (Fsp3) is 0.571. The molecule has 0 unspecified atom stereocenters. The molecule has 0 aliphatic heterocycles. The molecule has 0 fully saturated rings. The summed E-state index contributed by atoms with van der Waals surface area (Å²) in [6.07, 6.45) is 0.599. The number of nitrogens with two attached hydrogens (primary N) is 1. The Bertz CT molecular complexity index is 571. The van der Waals surface area contributed by atoms with Gasteiger partial charge in [-0.3, -0.25) is 0 Å². The van der Waals surface area contributed by atoms with E-state index in [1.54, 1.807) is 12.1 Å². The Morgan fingerprint density at radius 2 is 1.90 bits per heavy atom. The monoisotopic (exact) mass is 315 g/mol. The van der Waals surface area contributed by atoms with Gasteiger partial charge in [0, 0.05) is 33.3 Å². The number of aliphatic hydroxyl groups is 1. The molecule has 1 aromatic rings. The topological polar surface area (TPSA) is 86.9 Å². The van der Waals surface area contributed by atoms with E-state index in [2.05, 4.69) is 0 Å². The van der Waals surface area contributed by atoms with Crippen LogP contribution in [0.2, 0.25) is 0 Å². The van der Waals surface area contributed by atoms with Gasteiger partial charge in [-0.05, 0) is 38.5 Å². The third kappa shape index (κ3) is 4.09. The van der Waals surface area contributed by atoms with Crippen molar-refractivity contribution in [3.05, 3.63) is 18.2 Å². The SMILES string of the molecule is CC(C)N(CCCO)c1cc(S(=O)(=O)N(C)C)ccc1N. The van der Waals surface area contributed by atoms with Gasteiger partial charge in [0.05, 0.1) is 16.3 Å². The van der Waals surface area contributed by atoms with Gasteiger partial charge < -0.3 is 15.7 Å². The van der Waals surface area contributed by atoms with Crippen molar-refractivity contribution < 1.29 is 13.5 Å². The van der Waals surface area contributed by atoms with E-state index in [1.807, 2.05) is 18.7 Å². The maximum absolute atomic E-state index is 12.2. The third-order valence-corrected chi connectivity index (χ3v) is 5.08. The van der Waals surface area contributed by atoms with Gasteiger partial charge in [-0.1, -0.05) is 0 Å². The van der Waals surface area contributed by atoms with Crippen molar-refractivity contribution in [2.45, 2.75) is 31.2 Å². The van der Waals surface area contributed by atoms with Crippen molar-refractivity contribution in [3.8, 4) is 0 Å². The lowest BCUT2D eigenvalue weighted by Gasteiger charge is -2.30. The number of hydrogen-bond acceptors (Lipinski definition) is 5. The second-order valence-corrected chi connectivity index (χ2v) is 7.52. The molecule has 0 amide bonds. The molecule has 21 heavy (non-hydrogen) atoms. The summed E-state index contributed by atoms with van der Waals surface area (Å²) in [7, 11) is -0.499. The fourth-order valence-corrected chi connectivity index (χ4v) is 2.96. The number of sulfonamides is 1. The molecule has 0 aliphatic carbocycles. The van der Waals surface area contributed by atoms with Crippen LogP contribution in [0.1, 0.15) is 20.3 Å². The van der Waals surface area contributed by atoms with E-state index in [-0.39, 0.29) is 17.5 Å². The molecule has 1 aromatic carbocycles. The second-order valence-electron chi connectivity index (χ2n) is 5.37. The van der Waals surface area contributed by atoms with Gasteiger partial charge in [0.15, 0.2) is 0 Å². The molecule has 0 saturated heterocycles. The number of aliphatic hydroxyl groups excluding tert-OH is 1. The van der Waals surface area contributed by atoms with Crippen LogP contribution in [0.5, 0.6) is 0 Å². The molecule has 0 bridgehead atoms. The average Bonchev–Trinajstić information content (AvgIpc) is 2.40. The Morgan fingerprint density at radius 3 is 2.38 bits per heavy atom. The smallest absolute Gasteiger partial charge is 0.242 e. The van der Waals surface area contributed by atoms with E-state index in [4.69, 9.17) is 10.8 Å². The van der Waals surface area contributed by atoms with E-state index < -0.39 is 10.0 Å². The minimum absolute atomic E-state index is 0.0822. The molecule has 0 aromatic heterocycles. The number of nitrogen functional groups attached to an aromatic ring is 1. The number of benzene rings is 1. The van der Waals surface area contributed by atoms with Crippen LogP contribution < -0.4 is 10.6 Å². The molecule has 0 heterocycles. The van der Waals surface area contributed by atoms with Gasteiger partial charge in [0.1, 0.15) is 0 Å². The van der Waals surface area contributed by atoms with E-state index in [9.17, 15) is 8.42 Å². The first-order chi connectivity index (χ1) is 9.71. The van der Waals surface area contributed by atoms with Crippen molar-refractivity contribution in [2.24, 2.45) is 0 Å². The van der Waals surface area contributed by atoms with Crippen molar-refractivity contribution in [2.75, 3.05) is 37.9 Å². The maximum atomic E-state index is 12.2. The molecule has 6 nitrogen and oxygen atoms in total. The van der Waals surface area contributed by atoms with Crippen LogP contribution in [0.25, 0.3) is 0 Å². The van der Waals surface area contributed by atoms with E-state index in [1.165, 1.54) is 24.5 Å². The average molecular weight is 315 g/mol. The van der Waals surface area contributed by atoms with Crippen LogP contribution in [0.3, 0.4) is 0 Å². The molecule has 0 aliphatic rings. The summed E-state index contributed by atoms with van der Waals surface area (Å²) in [5, 5.41) is 9.01. The number of hydrogen-bond donors (Lipinski definition) is 2. The number of rotatable bonds is 7. The first-order valence-corrected chi connectivity index (χ1v) is 8.35. The zero-order valence-corrected chi connectivity index (χ0v) is 13.9. The fourth-order valence-electron chi connectivity index (χ4n) is 2.04. The summed E-state index contributed by atoms with van der Waals surface area (Å²) >= 11 is 0. The van der Waals surface area contributed by atoms with Crippen LogP contribution >= 0.6 is 0 Å². The van der Waals surface area contributed by atoms with Crippen molar-refractivity contribution >= 4 is 21.4 Å². The molecule has 0 spiro atoms. The van der Waals surface area contributed by atoms with Crippen molar-refractivity contribution in [1.29, 1.82) is 0 Å². The second kappa shape index (κ2) is 7.11. The molecule has 0 saturated carbocycles. The summed E-state index contributed by atoms with van der Waals surface area (Å²) in [5.41, 5.74) is 7.22. The van der Waals surface area contributed by atoms with Gasteiger partial charge >= 0.3 is 0 Å². The van der Waals surface area contributed by atoms with Gasteiger partial charge in [0.2, 0.25) is 10.0 Å². The minimum atomic E-state index is -3.49. The summed E-state index contributed by atoms with van der Waals surface area (Å²) in [4.78, 5) is 2.21. The molecule has 0 radical (unpaired) electrons. The number of anilines is 2. The summed E-state index contributed by atoms with van der Waals surface area (Å²) < 4.78 is 25.6. The summed E-state index contributed by atoms with van der Waals surface area (Å²) in [6, 6.07) is 4.87. The highest BCUT2D eigenvalue weighted by Gasteiger charge is 2.21. The van der Waals surface area contributed by atoms with Gasteiger partial charge in [-0.2, -0.15) is 0 Å². The van der Waals surface area contributed by atoms with E-state index >= 15 is 0 Å². The first kappa shape index (κ1) is 17.7. The molecule has 7 heteroatoms. The Hall–Kier alpha value is -1.31. The molecule has 120 valence electrons. The first-order valence-electron chi connectivity index (χ1n) is 6.91. The normalized spacial score (nSPS) is 12.1. The zero-order chi connectivity index (χ0) is 16.2. The number of nitrogens with zero attached hydrogens (tertiary/aromatic N) is 2. The lowest BCUT2D eigenvalue weighted by molar-refractivity contribution is 0.288. The minimum Gasteiger partial charge on any atom is -0.397 e. The zero-order valence-electron chi connectivity index (χ0n) is 13.1. The highest BCUT2D eigenvalue weighted by molar-refractivity contribution is 7.89. The summed E-state index contributed by atoms with van der Waals surface area (Å²) in [5.74, 6) is 0. The summed E-state index contributed by atoms with van der Waals surface area (Å²) in [6.45, 7) is 4.70. The Labute approximate surface area is 127 Å². The van der Waals surface area contributed by atoms with Crippen LogP contribution in [-0.2, 0) is 10.0 Å². The Balaban J connectivity index is 3.29. The molecular formula is C14H25N3O3S. The van der Waals surface area contributed by atoms with Gasteiger partial charge in [-0.15, -0.1) is 0 Å². The van der Waals surface area contributed by atoms with Crippen molar-refractivity contribution in [3.63, 3.8) is 0 Å². The van der Waals surface area contributed by atoms with Crippen LogP contribution in [0, 0.1) is 0 Å². The van der Waals surface area contributed by atoms with Crippen molar-refractivity contribution in [1.82, 2.24) is 4.31 Å². The standard InChI is InChI=1S/C14H25N3O3S/c1-11(2)17(8-5-9-18)14-10-12(6-7-13(14)15)21(19,20)16(3)4/h6-7,10-11,18H,5,8-9,15H2,1-4H3. The van der Waals surface area contributed by atoms with Crippen LogP contribution in [0.4, 0.5) is 11.4 Å². The molecule has 0 atom stereocenters. The maximum Gasteiger partial charge on any atom is 0.242 e. The quantitative estimate of drug-likeness (QED) is 0.736. The van der Waals surface area contributed by atoms with E-state index in [0.29, 0.717) is 24.3 Å². The van der Waals surface area contributed by atoms with Gasteiger partial charge in [0.25, 0.3) is 0 Å². The lowest BCUT2D eigenvalue weighted by atomic mass is 10.2. The highest BCUT2D eigenvalue weighted by atomic mass is 32.2. The van der Waals surface area contributed by atoms with Crippen LogP contribution in [-0.4, -0.2) is 51.1 Å². The largest absolute Gasteiger partial charge is 0.397 e.